The van der Waals surface area contributed by atoms with Gasteiger partial charge in [0.2, 0.25) is 5.91 Å². The Morgan fingerprint density at radius 3 is 2.44 bits per heavy atom. The summed E-state index contributed by atoms with van der Waals surface area (Å²) < 4.78 is 5.14. The predicted molar refractivity (Wildman–Crippen MR) is 70.3 cm³/mol. The molecule has 1 amide bonds. The second-order valence-electron chi connectivity index (χ2n) is 4.98. The van der Waals surface area contributed by atoms with E-state index in [0.29, 0.717) is 6.42 Å². The summed E-state index contributed by atoms with van der Waals surface area (Å²) in [4.78, 5) is 13.8. The molecule has 2 atom stereocenters. The van der Waals surface area contributed by atoms with E-state index >= 15 is 0 Å². The van der Waals surface area contributed by atoms with Crippen LogP contribution in [0.25, 0.3) is 0 Å². The number of rotatable bonds is 3. The van der Waals surface area contributed by atoms with E-state index in [1.165, 1.54) is 0 Å². The lowest BCUT2D eigenvalue weighted by Gasteiger charge is -2.30. The van der Waals surface area contributed by atoms with Gasteiger partial charge in [-0.3, -0.25) is 4.79 Å². The van der Waals surface area contributed by atoms with Gasteiger partial charge in [-0.05, 0) is 31.5 Å². The van der Waals surface area contributed by atoms with Gasteiger partial charge in [0.05, 0.1) is 13.2 Å². The summed E-state index contributed by atoms with van der Waals surface area (Å²) >= 11 is 0. The monoisotopic (exact) mass is 248 g/mol. The van der Waals surface area contributed by atoms with Crippen molar-refractivity contribution in [3.63, 3.8) is 0 Å². The lowest BCUT2D eigenvalue weighted by molar-refractivity contribution is -0.130. The van der Waals surface area contributed by atoms with Gasteiger partial charge in [-0.15, -0.1) is 0 Å². The molecule has 1 aliphatic rings. The first-order valence-corrected chi connectivity index (χ1v) is 6.25. The molecule has 1 aliphatic heterocycles. The molecule has 1 heterocycles. The lowest BCUT2D eigenvalue weighted by atomic mass is 10.00. The molecule has 0 radical (unpaired) electrons. The van der Waals surface area contributed by atoms with E-state index in [4.69, 9.17) is 10.5 Å². The van der Waals surface area contributed by atoms with Crippen molar-refractivity contribution in [2.75, 3.05) is 7.11 Å². The Bertz CT molecular complexity index is 428. The fraction of sp³-hybridized carbons (Fsp3) is 0.500. The second kappa shape index (κ2) is 4.98. The van der Waals surface area contributed by atoms with Crippen LogP contribution in [-0.2, 0) is 4.79 Å². The molecule has 2 N–H and O–H groups in total. The molecule has 0 bridgehead atoms. The van der Waals surface area contributed by atoms with Gasteiger partial charge in [0.1, 0.15) is 5.75 Å². The first-order chi connectivity index (χ1) is 8.54. The third-order valence-corrected chi connectivity index (χ3v) is 3.42. The Morgan fingerprint density at radius 2 is 1.94 bits per heavy atom. The minimum Gasteiger partial charge on any atom is -0.497 e. The van der Waals surface area contributed by atoms with E-state index in [0.717, 1.165) is 11.3 Å². The lowest BCUT2D eigenvalue weighted by Crippen LogP contribution is -2.37. The quantitative estimate of drug-likeness (QED) is 0.886. The van der Waals surface area contributed by atoms with Crippen LogP contribution in [-0.4, -0.2) is 30.0 Å². The summed E-state index contributed by atoms with van der Waals surface area (Å²) in [6, 6.07) is 7.79. The summed E-state index contributed by atoms with van der Waals surface area (Å²) in [5.74, 6) is 0.950. The Balaban J connectivity index is 2.31. The summed E-state index contributed by atoms with van der Waals surface area (Å²) in [7, 11) is 1.64. The number of methoxy groups -OCH3 is 1. The van der Waals surface area contributed by atoms with Crippen LogP contribution < -0.4 is 10.5 Å². The zero-order valence-corrected chi connectivity index (χ0v) is 11.1. The van der Waals surface area contributed by atoms with E-state index in [1.807, 2.05) is 43.0 Å². The van der Waals surface area contributed by atoms with Crippen molar-refractivity contribution in [2.45, 2.75) is 38.4 Å². The number of carbonyl (C=O) groups is 1. The van der Waals surface area contributed by atoms with E-state index in [1.54, 1.807) is 7.11 Å². The largest absolute Gasteiger partial charge is 0.497 e. The van der Waals surface area contributed by atoms with Crippen LogP contribution in [0, 0.1) is 0 Å². The summed E-state index contributed by atoms with van der Waals surface area (Å²) in [5.41, 5.74) is 7.18. The van der Waals surface area contributed by atoms with Crippen molar-refractivity contribution >= 4 is 5.91 Å². The van der Waals surface area contributed by atoms with Crippen LogP contribution in [0.2, 0.25) is 0 Å². The summed E-state index contributed by atoms with van der Waals surface area (Å²) in [5, 5.41) is 0. The highest BCUT2D eigenvalue weighted by Crippen LogP contribution is 2.34. The minimum absolute atomic E-state index is 0.0246. The number of nitrogens with two attached hydrogens (primary N) is 1. The first-order valence-electron chi connectivity index (χ1n) is 6.25. The van der Waals surface area contributed by atoms with Gasteiger partial charge in [-0.1, -0.05) is 12.1 Å². The van der Waals surface area contributed by atoms with Crippen molar-refractivity contribution in [3.05, 3.63) is 29.8 Å². The summed E-state index contributed by atoms with van der Waals surface area (Å²) in [6.07, 6.45) is 0.425. The Morgan fingerprint density at radius 1 is 1.33 bits per heavy atom. The normalized spacial score (nSPS) is 23.8. The number of hydrogen-bond acceptors (Lipinski definition) is 3. The molecule has 0 saturated carbocycles. The predicted octanol–water partition coefficient (Wildman–Crippen LogP) is 1.70. The number of amides is 1. The molecule has 0 aliphatic carbocycles. The van der Waals surface area contributed by atoms with Crippen LogP contribution in [0.5, 0.6) is 5.75 Å². The number of carbonyl (C=O) groups excluding carboxylic acids is 1. The van der Waals surface area contributed by atoms with E-state index in [9.17, 15) is 4.79 Å². The molecule has 4 nitrogen and oxygen atoms in total. The number of benzene rings is 1. The highest BCUT2D eigenvalue weighted by Gasteiger charge is 2.39. The fourth-order valence-electron chi connectivity index (χ4n) is 2.60. The maximum Gasteiger partial charge on any atom is 0.225 e. The van der Waals surface area contributed by atoms with E-state index in [2.05, 4.69) is 0 Å². The summed E-state index contributed by atoms with van der Waals surface area (Å²) in [6.45, 7) is 4.04. The van der Waals surface area contributed by atoms with Crippen LogP contribution >= 0.6 is 0 Å². The fourth-order valence-corrected chi connectivity index (χ4v) is 2.60. The zero-order valence-electron chi connectivity index (χ0n) is 11.1. The maximum absolute atomic E-state index is 12.0. The molecule has 1 saturated heterocycles. The maximum atomic E-state index is 12.0. The van der Waals surface area contributed by atoms with Gasteiger partial charge >= 0.3 is 0 Å². The van der Waals surface area contributed by atoms with Crippen molar-refractivity contribution in [2.24, 2.45) is 5.73 Å². The van der Waals surface area contributed by atoms with E-state index in [-0.39, 0.29) is 24.0 Å². The molecular formula is C14H20N2O2. The van der Waals surface area contributed by atoms with Gasteiger partial charge < -0.3 is 15.4 Å². The van der Waals surface area contributed by atoms with Gasteiger partial charge in [-0.2, -0.15) is 0 Å². The molecule has 0 spiro atoms. The van der Waals surface area contributed by atoms with Crippen molar-refractivity contribution in [3.8, 4) is 5.75 Å². The standard InChI is InChI=1S/C14H20N2O2/c1-9(2)16-13(17)8-12(15)14(16)10-4-6-11(18-3)7-5-10/h4-7,9,12,14H,8,15H2,1-3H3. The average Bonchev–Trinajstić information content (AvgIpc) is 2.64. The van der Waals surface area contributed by atoms with Crippen LogP contribution in [0.15, 0.2) is 24.3 Å². The SMILES string of the molecule is COc1ccc(C2C(N)CC(=O)N2C(C)C)cc1. The van der Waals surface area contributed by atoms with Gasteiger partial charge in [0.15, 0.2) is 0 Å². The highest BCUT2D eigenvalue weighted by atomic mass is 16.5. The molecule has 2 rings (SSSR count). The van der Waals surface area contributed by atoms with Crippen molar-refractivity contribution in [1.82, 2.24) is 4.90 Å². The molecule has 2 unspecified atom stereocenters. The number of hydrogen-bond donors (Lipinski definition) is 1. The molecule has 0 aromatic heterocycles. The molecule has 98 valence electrons. The molecule has 1 fully saturated rings. The van der Waals surface area contributed by atoms with Crippen molar-refractivity contribution in [1.29, 1.82) is 0 Å². The first kappa shape index (κ1) is 12.9. The second-order valence-corrected chi connectivity index (χ2v) is 4.98. The Hall–Kier alpha value is -1.55. The topological polar surface area (TPSA) is 55.6 Å². The third kappa shape index (κ3) is 2.20. The van der Waals surface area contributed by atoms with Crippen molar-refractivity contribution < 1.29 is 9.53 Å². The van der Waals surface area contributed by atoms with Gasteiger partial charge in [0.25, 0.3) is 0 Å². The Kier molecular flexibility index (Phi) is 3.57. The molecular weight excluding hydrogens is 228 g/mol. The Labute approximate surface area is 108 Å². The number of nitrogens with zero attached hydrogens (tertiary/aromatic N) is 1. The smallest absolute Gasteiger partial charge is 0.225 e. The van der Waals surface area contributed by atoms with Crippen LogP contribution in [0.1, 0.15) is 31.9 Å². The zero-order chi connectivity index (χ0) is 13.3. The number of ether oxygens (including phenoxy) is 1. The molecule has 1 aromatic rings. The van der Waals surface area contributed by atoms with E-state index < -0.39 is 0 Å². The third-order valence-electron chi connectivity index (χ3n) is 3.42. The van der Waals surface area contributed by atoms with Crippen LogP contribution in [0.4, 0.5) is 0 Å². The van der Waals surface area contributed by atoms with Crippen LogP contribution in [0.3, 0.4) is 0 Å². The molecule has 4 heteroatoms. The minimum atomic E-state index is -0.131. The molecule has 1 aromatic carbocycles. The molecule has 18 heavy (non-hydrogen) atoms. The highest BCUT2D eigenvalue weighted by molar-refractivity contribution is 5.80. The van der Waals surface area contributed by atoms with Gasteiger partial charge in [-0.25, -0.2) is 0 Å². The van der Waals surface area contributed by atoms with Gasteiger partial charge in [0, 0.05) is 18.5 Å². The number of likely N-dealkylation sites (tertiary alicyclic amines) is 1. The average molecular weight is 248 g/mol.